The third kappa shape index (κ3) is 5.20. The van der Waals surface area contributed by atoms with Crippen LogP contribution in [0.1, 0.15) is 33.1 Å². The maximum Gasteiger partial charge on any atom is 0.508 e. The van der Waals surface area contributed by atoms with Crippen LogP contribution in [0, 0.1) is 11.8 Å². The number of rotatable bonds is 5. The molecule has 0 aromatic heterocycles. The van der Waals surface area contributed by atoms with Crippen LogP contribution >= 0.6 is 0 Å². The molecule has 1 rings (SSSR count). The zero-order valence-corrected chi connectivity index (χ0v) is 11.7. The molecular weight excluding hydrogens is 248 g/mol. The van der Waals surface area contributed by atoms with Gasteiger partial charge in [0, 0.05) is 5.92 Å². The average Bonchev–Trinajstić information content (AvgIpc) is 2.35. The first-order valence-corrected chi connectivity index (χ1v) is 6.71. The van der Waals surface area contributed by atoms with Crippen molar-refractivity contribution in [3.63, 3.8) is 0 Å². The van der Waals surface area contributed by atoms with Gasteiger partial charge in [0.05, 0.1) is 6.61 Å². The SMILES string of the molecule is C=C(C)C1CCC(C)CC1OC(=O)OCC(O)CO. The van der Waals surface area contributed by atoms with Crippen molar-refractivity contribution >= 4 is 6.16 Å². The molecule has 0 radical (unpaired) electrons. The van der Waals surface area contributed by atoms with Crippen molar-refractivity contribution < 1.29 is 24.5 Å². The Labute approximate surface area is 114 Å². The lowest BCUT2D eigenvalue weighted by Crippen LogP contribution is -2.34. The van der Waals surface area contributed by atoms with Crippen LogP contribution in [0.3, 0.4) is 0 Å². The van der Waals surface area contributed by atoms with Gasteiger partial charge in [-0.1, -0.05) is 19.1 Å². The van der Waals surface area contributed by atoms with E-state index in [1.54, 1.807) is 0 Å². The van der Waals surface area contributed by atoms with E-state index in [-0.39, 0.29) is 18.6 Å². The highest BCUT2D eigenvalue weighted by Crippen LogP contribution is 2.34. The third-order valence-electron chi connectivity index (χ3n) is 3.54. The summed E-state index contributed by atoms with van der Waals surface area (Å²) in [6.07, 6.45) is 0.811. The topological polar surface area (TPSA) is 76.0 Å². The maximum atomic E-state index is 11.5. The second-order valence-electron chi connectivity index (χ2n) is 5.42. The molecule has 0 aromatic carbocycles. The molecule has 19 heavy (non-hydrogen) atoms. The number of carbonyl (C=O) groups excluding carboxylic acids is 1. The largest absolute Gasteiger partial charge is 0.508 e. The average molecular weight is 272 g/mol. The molecule has 1 saturated carbocycles. The van der Waals surface area contributed by atoms with Crippen molar-refractivity contribution in [3.05, 3.63) is 12.2 Å². The summed E-state index contributed by atoms with van der Waals surface area (Å²) >= 11 is 0. The van der Waals surface area contributed by atoms with E-state index in [2.05, 4.69) is 13.5 Å². The molecule has 0 saturated heterocycles. The lowest BCUT2D eigenvalue weighted by Gasteiger charge is -2.34. The minimum atomic E-state index is -1.06. The van der Waals surface area contributed by atoms with Crippen molar-refractivity contribution in [2.45, 2.75) is 45.3 Å². The smallest absolute Gasteiger partial charge is 0.431 e. The van der Waals surface area contributed by atoms with Gasteiger partial charge in [0.15, 0.2) is 0 Å². The minimum absolute atomic E-state index is 0.173. The van der Waals surface area contributed by atoms with E-state index in [0.29, 0.717) is 5.92 Å². The first kappa shape index (κ1) is 16.0. The molecule has 1 fully saturated rings. The van der Waals surface area contributed by atoms with Gasteiger partial charge in [-0.05, 0) is 32.1 Å². The summed E-state index contributed by atoms with van der Waals surface area (Å²) in [6, 6.07) is 0. The van der Waals surface area contributed by atoms with Gasteiger partial charge in [-0.2, -0.15) is 0 Å². The van der Waals surface area contributed by atoms with Crippen LogP contribution in [0.5, 0.6) is 0 Å². The summed E-state index contributed by atoms with van der Waals surface area (Å²) in [7, 11) is 0. The molecule has 0 amide bonds. The second-order valence-corrected chi connectivity index (χ2v) is 5.42. The summed E-state index contributed by atoms with van der Waals surface area (Å²) in [5.74, 6) is 0.683. The molecule has 2 N–H and O–H groups in total. The van der Waals surface area contributed by atoms with Crippen molar-refractivity contribution in [1.82, 2.24) is 0 Å². The van der Waals surface area contributed by atoms with E-state index >= 15 is 0 Å². The van der Waals surface area contributed by atoms with Gasteiger partial charge >= 0.3 is 6.16 Å². The zero-order chi connectivity index (χ0) is 14.4. The summed E-state index contributed by atoms with van der Waals surface area (Å²) < 4.78 is 10.1. The fourth-order valence-corrected chi connectivity index (χ4v) is 2.40. The lowest BCUT2D eigenvalue weighted by atomic mass is 9.78. The molecule has 1 aliphatic carbocycles. The fraction of sp³-hybridized carbons (Fsp3) is 0.786. The molecule has 0 bridgehead atoms. The molecule has 0 aromatic rings. The molecule has 5 heteroatoms. The van der Waals surface area contributed by atoms with Gasteiger partial charge in [0.25, 0.3) is 0 Å². The van der Waals surface area contributed by atoms with Gasteiger partial charge in [-0.15, -0.1) is 0 Å². The Morgan fingerprint density at radius 2 is 2.16 bits per heavy atom. The third-order valence-corrected chi connectivity index (χ3v) is 3.54. The fourth-order valence-electron chi connectivity index (χ4n) is 2.40. The van der Waals surface area contributed by atoms with Crippen molar-refractivity contribution in [2.24, 2.45) is 11.8 Å². The summed E-state index contributed by atoms with van der Waals surface area (Å²) in [4.78, 5) is 11.5. The van der Waals surface area contributed by atoms with Gasteiger partial charge in [-0.3, -0.25) is 0 Å². The predicted molar refractivity (Wildman–Crippen MR) is 70.6 cm³/mol. The Morgan fingerprint density at radius 3 is 2.74 bits per heavy atom. The standard InChI is InChI=1S/C14H24O5/c1-9(2)12-5-4-10(3)6-13(12)19-14(17)18-8-11(16)7-15/h10-13,15-16H,1,4-8H2,2-3H3. The van der Waals surface area contributed by atoms with Gasteiger partial charge in [0.1, 0.15) is 18.8 Å². The van der Waals surface area contributed by atoms with Crippen LogP contribution < -0.4 is 0 Å². The highest BCUT2D eigenvalue weighted by atomic mass is 16.7. The van der Waals surface area contributed by atoms with E-state index in [9.17, 15) is 4.79 Å². The Morgan fingerprint density at radius 1 is 1.47 bits per heavy atom. The number of ether oxygens (including phenoxy) is 2. The minimum Gasteiger partial charge on any atom is -0.431 e. The second kappa shape index (κ2) is 7.50. The first-order chi connectivity index (χ1) is 8.93. The maximum absolute atomic E-state index is 11.5. The van der Waals surface area contributed by atoms with E-state index in [1.807, 2.05) is 6.92 Å². The van der Waals surface area contributed by atoms with E-state index in [1.165, 1.54) is 0 Å². The van der Waals surface area contributed by atoms with Crippen LogP contribution in [0.4, 0.5) is 4.79 Å². The van der Waals surface area contributed by atoms with Crippen molar-refractivity contribution in [1.29, 1.82) is 0 Å². The van der Waals surface area contributed by atoms with E-state index < -0.39 is 18.9 Å². The quantitative estimate of drug-likeness (QED) is 0.590. The monoisotopic (exact) mass is 272 g/mol. The number of hydrogen-bond donors (Lipinski definition) is 2. The Balaban J connectivity index is 2.47. The summed E-state index contributed by atoms with van der Waals surface area (Å²) in [5, 5.41) is 17.7. The highest BCUT2D eigenvalue weighted by Gasteiger charge is 2.32. The van der Waals surface area contributed by atoms with Crippen LogP contribution in [-0.2, 0) is 9.47 Å². The molecule has 4 unspecified atom stereocenters. The Bertz CT molecular complexity index is 315. The van der Waals surface area contributed by atoms with Crippen LogP contribution in [0.15, 0.2) is 12.2 Å². The van der Waals surface area contributed by atoms with E-state index in [0.717, 1.165) is 24.8 Å². The normalized spacial score (nSPS) is 28.5. The number of aliphatic hydroxyl groups is 2. The molecule has 0 heterocycles. The predicted octanol–water partition coefficient (Wildman–Crippen LogP) is 1.87. The first-order valence-electron chi connectivity index (χ1n) is 6.71. The summed E-state index contributed by atoms with van der Waals surface area (Å²) in [5.41, 5.74) is 1.01. The van der Waals surface area contributed by atoms with Crippen LogP contribution in [0.25, 0.3) is 0 Å². The number of carbonyl (C=O) groups is 1. The Kier molecular flexibility index (Phi) is 6.31. The summed E-state index contributed by atoms with van der Waals surface area (Å²) in [6.45, 7) is 7.32. The molecule has 0 spiro atoms. The molecule has 5 nitrogen and oxygen atoms in total. The number of aliphatic hydroxyl groups excluding tert-OH is 2. The van der Waals surface area contributed by atoms with Crippen molar-refractivity contribution in [2.75, 3.05) is 13.2 Å². The lowest BCUT2D eigenvalue weighted by molar-refractivity contribution is -0.0349. The van der Waals surface area contributed by atoms with Crippen LogP contribution in [0.2, 0.25) is 0 Å². The van der Waals surface area contributed by atoms with Gasteiger partial charge in [-0.25, -0.2) is 4.79 Å². The highest BCUT2D eigenvalue weighted by molar-refractivity contribution is 5.60. The molecule has 1 aliphatic rings. The molecule has 110 valence electrons. The van der Waals surface area contributed by atoms with Gasteiger partial charge in [0.2, 0.25) is 0 Å². The van der Waals surface area contributed by atoms with Gasteiger partial charge < -0.3 is 19.7 Å². The molecule has 0 aliphatic heterocycles. The molecule has 4 atom stereocenters. The van der Waals surface area contributed by atoms with Crippen molar-refractivity contribution in [3.8, 4) is 0 Å². The molecular formula is C14H24O5. The zero-order valence-electron chi connectivity index (χ0n) is 11.7. The van der Waals surface area contributed by atoms with Crippen LogP contribution in [-0.4, -0.2) is 41.8 Å². The van der Waals surface area contributed by atoms with E-state index in [4.69, 9.17) is 19.7 Å². The Hall–Kier alpha value is -1.07. The number of hydrogen-bond acceptors (Lipinski definition) is 5.